The van der Waals surface area contributed by atoms with Crippen molar-refractivity contribution in [1.82, 2.24) is 0 Å². The molecule has 1 atom stereocenters. The molecule has 0 radical (unpaired) electrons. The Kier molecular flexibility index (Phi) is 8.16. The van der Waals surface area contributed by atoms with Crippen LogP contribution in [0.4, 0.5) is 0 Å². The van der Waals surface area contributed by atoms with Crippen LogP contribution < -0.4 is 4.74 Å². The summed E-state index contributed by atoms with van der Waals surface area (Å²) in [6, 6.07) is 7.00. The molecule has 0 aliphatic heterocycles. The van der Waals surface area contributed by atoms with Gasteiger partial charge < -0.3 is 9.84 Å². The topological polar surface area (TPSA) is 95.3 Å². The lowest BCUT2D eigenvalue weighted by Gasteiger charge is -2.06. The van der Waals surface area contributed by atoms with Crippen LogP contribution in [0, 0.1) is 0 Å². The molecule has 7 heteroatoms. The standard InChI is InChI=1S/C14H19N3O3S/c1-20-12-7-5-11(6-8-12)10-21-9-3-2-4-13(14(18)19)16-17-15/h5-8,13H,2-4,9-10H2,1H3,(H,18,19)/t13-/m1/s1. The summed E-state index contributed by atoms with van der Waals surface area (Å²) in [7, 11) is 1.64. The van der Waals surface area contributed by atoms with Gasteiger partial charge in [-0.15, -0.1) is 0 Å². The second-order valence-electron chi connectivity index (χ2n) is 4.46. The van der Waals surface area contributed by atoms with Crippen LogP contribution in [0.25, 0.3) is 10.4 Å². The third-order valence-corrected chi connectivity index (χ3v) is 4.03. The second-order valence-corrected chi connectivity index (χ2v) is 5.56. The highest BCUT2D eigenvalue weighted by molar-refractivity contribution is 7.98. The minimum atomic E-state index is -1.06. The number of carbonyl (C=O) groups is 1. The van der Waals surface area contributed by atoms with Crippen LogP contribution in [-0.2, 0) is 10.5 Å². The maximum atomic E-state index is 10.8. The molecule has 1 rings (SSSR count). The lowest BCUT2D eigenvalue weighted by molar-refractivity contribution is -0.138. The Morgan fingerprint density at radius 3 is 2.71 bits per heavy atom. The van der Waals surface area contributed by atoms with Gasteiger partial charge in [0.15, 0.2) is 0 Å². The molecule has 0 aliphatic carbocycles. The lowest BCUT2D eigenvalue weighted by Crippen LogP contribution is -2.16. The molecule has 0 saturated heterocycles. The van der Waals surface area contributed by atoms with Gasteiger partial charge in [-0.25, -0.2) is 0 Å². The molecular weight excluding hydrogens is 290 g/mol. The van der Waals surface area contributed by atoms with Crippen LogP contribution in [0.3, 0.4) is 0 Å². The first kappa shape index (κ1) is 17.2. The van der Waals surface area contributed by atoms with Gasteiger partial charge in [0, 0.05) is 10.7 Å². The van der Waals surface area contributed by atoms with Crippen molar-refractivity contribution in [2.75, 3.05) is 12.9 Å². The van der Waals surface area contributed by atoms with Crippen LogP contribution in [0.5, 0.6) is 5.75 Å². The van der Waals surface area contributed by atoms with E-state index in [9.17, 15) is 4.79 Å². The predicted octanol–water partition coefficient (Wildman–Crippen LogP) is 3.86. The first-order chi connectivity index (χ1) is 10.2. The van der Waals surface area contributed by atoms with Gasteiger partial charge in [0.05, 0.1) is 7.11 Å². The minimum Gasteiger partial charge on any atom is -0.497 e. The van der Waals surface area contributed by atoms with Crippen LogP contribution in [-0.4, -0.2) is 30.0 Å². The number of nitrogens with zero attached hydrogens (tertiary/aromatic N) is 3. The number of carboxylic acids is 1. The Hall–Kier alpha value is -1.85. The van der Waals surface area contributed by atoms with Crippen molar-refractivity contribution in [1.29, 1.82) is 0 Å². The molecule has 0 saturated carbocycles. The minimum absolute atomic E-state index is 0.391. The molecule has 114 valence electrons. The van der Waals surface area contributed by atoms with Crippen molar-refractivity contribution in [3.05, 3.63) is 40.3 Å². The van der Waals surface area contributed by atoms with Crippen LogP contribution in [0.15, 0.2) is 29.4 Å². The quantitative estimate of drug-likeness (QED) is 0.307. The van der Waals surface area contributed by atoms with Crippen LogP contribution in [0.2, 0.25) is 0 Å². The number of methoxy groups -OCH3 is 1. The Labute approximate surface area is 128 Å². The van der Waals surface area contributed by atoms with E-state index >= 15 is 0 Å². The largest absolute Gasteiger partial charge is 0.497 e. The summed E-state index contributed by atoms with van der Waals surface area (Å²) in [6.07, 6.45) is 2.04. The van der Waals surface area contributed by atoms with E-state index in [0.29, 0.717) is 6.42 Å². The zero-order valence-electron chi connectivity index (χ0n) is 11.9. The average Bonchev–Trinajstić information content (AvgIpc) is 2.50. The van der Waals surface area contributed by atoms with Gasteiger partial charge in [-0.2, -0.15) is 11.8 Å². The van der Waals surface area contributed by atoms with Crippen molar-refractivity contribution < 1.29 is 14.6 Å². The third kappa shape index (κ3) is 6.92. The highest BCUT2D eigenvalue weighted by atomic mass is 32.2. The van der Waals surface area contributed by atoms with E-state index < -0.39 is 12.0 Å². The molecular formula is C14H19N3O3S. The van der Waals surface area contributed by atoms with Crippen molar-refractivity contribution in [2.45, 2.75) is 31.1 Å². The number of unbranched alkanes of at least 4 members (excludes halogenated alkanes) is 1. The molecule has 0 aromatic heterocycles. The summed E-state index contributed by atoms with van der Waals surface area (Å²) >= 11 is 1.80. The average molecular weight is 309 g/mol. The molecule has 0 spiro atoms. The lowest BCUT2D eigenvalue weighted by atomic mass is 10.1. The van der Waals surface area contributed by atoms with Crippen molar-refractivity contribution in [3.63, 3.8) is 0 Å². The Morgan fingerprint density at radius 2 is 2.14 bits per heavy atom. The van der Waals surface area contributed by atoms with Gasteiger partial charge in [-0.1, -0.05) is 23.7 Å². The number of carboxylic acid groups (broad SMARTS) is 1. The molecule has 0 amide bonds. The summed E-state index contributed by atoms with van der Waals surface area (Å²) < 4.78 is 5.10. The summed E-state index contributed by atoms with van der Waals surface area (Å²) in [5.41, 5.74) is 9.51. The third-order valence-electron chi connectivity index (χ3n) is 2.92. The number of ether oxygens (including phenoxy) is 1. The Bertz CT molecular complexity index is 485. The van der Waals surface area contributed by atoms with Gasteiger partial charge >= 0.3 is 5.97 Å². The van der Waals surface area contributed by atoms with Gasteiger partial charge in [0.2, 0.25) is 0 Å². The normalized spacial score (nSPS) is 11.5. The number of rotatable bonds is 10. The highest BCUT2D eigenvalue weighted by Crippen LogP contribution is 2.18. The fraction of sp³-hybridized carbons (Fsp3) is 0.500. The second kappa shape index (κ2) is 9.96. The zero-order chi connectivity index (χ0) is 15.5. The highest BCUT2D eigenvalue weighted by Gasteiger charge is 2.14. The SMILES string of the molecule is COc1ccc(CSCCCC[C@@H](N=[N+]=[N-])C(=O)O)cc1. The van der Waals surface area contributed by atoms with E-state index in [0.717, 1.165) is 30.1 Å². The van der Waals surface area contributed by atoms with E-state index in [1.165, 1.54) is 5.56 Å². The number of thioether (sulfide) groups is 1. The molecule has 0 heterocycles. The van der Waals surface area contributed by atoms with Gasteiger partial charge in [-0.3, -0.25) is 4.79 Å². The van der Waals surface area contributed by atoms with Crippen LogP contribution >= 0.6 is 11.8 Å². The van der Waals surface area contributed by atoms with Crippen molar-refractivity contribution in [3.8, 4) is 5.75 Å². The van der Waals surface area contributed by atoms with Gasteiger partial charge in [-0.05, 0) is 41.8 Å². The fourth-order valence-electron chi connectivity index (χ4n) is 1.75. The number of hydrogen-bond donors (Lipinski definition) is 1. The van der Waals surface area contributed by atoms with Crippen LogP contribution in [0.1, 0.15) is 24.8 Å². The number of azide groups is 1. The van der Waals surface area contributed by atoms with Gasteiger partial charge in [0.1, 0.15) is 11.8 Å². The number of hydrogen-bond acceptors (Lipinski definition) is 4. The molecule has 1 aromatic carbocycles. The number of aliphatic carboxylic acids is 1. The summed E-state index contributed by atoms with van der Waals surface area (Å²) in [5, 5.41) is 12.1. The van der Waals surface area contributed by atoms with E-state index in [-0.39, 0.29) is 0 Å². The Balaban J connectivity index is 2.16. The van der Waals surface area contributed by atoms with E-state index in [2.05, 4.69) is 10.0 Å². The molecule has 0 fully saturated rings. The molecule has 21 heavy (non-hydrogen) atoms. The summed E-state index contributed by atoms with van der Waals surface area (Å²) in [4.78, 5) is 13.3. The molecule has 1 aromatic rings. The van der Waals surface area contributed by atoms with Gasteiger partial charge in [0.25, 0.3) is 0 Å². The maximum Gasteiger partial charge on any atom is 0.312 e. The molecule has 1 N–H and O–H groups in total. The summed E-state index contributed by atoms with van der Waals surface area (Å²) in [6.45, 7) is 0. The zero-order valence-corrected chi connectivity index (χ0v) is 12.8. The predicted molar refractivity (Wildman–Crippen MR) is 83.6 cm³/mol. The molecule has 0 aliphatic rings. The molecule has 0 bridgehead atoms. The van der Waals surface area contributed by atoms with Crippen molar-refractivity contribution >= 4 is 17.7 Å². The fourth-order valence-corrected chi connectivity index (χ4v) is 2.73. The smallest absolute Gasteiger partial charge is 0.312 e. The Morgan fingerprint density at radius 1 is 1.43 bits per heavy atom. The van der Waals surface area contributed by atoms with Crippen molar-refractivity contribution in [2.24, 2.45) is 5.11 Å². The molecule has 0 unspecified atom stereocenters. The first-order valence-electron chi connectivity index (χ1n) is 6.65. The van der Waals surface area contributed by atoms with E-state index in [1.54, 1.807) is 18.9 Å². The first-order valence-corrected chi connectivity index (χ1v) is 7.80. The maximum absolute atomic E-state index is 10.8. The van der Waals surface area contributed by atoms with E-state index in [1.807, 2.05) is 24.3 Å². The number of benzene rings is 1. The molecule has 6 nitrogen and oxygen atoms in total. The van der Waals surface area contributed by atoms with E-state index in [4.69, 9.17) is 15.4 Å². The summed E-state index contributed by atoms with van der Waals surface area (Å²) in [5.74, 6) is 1.66. The monoisotopic (exact) mass is 309 g/mol.